The zero-order chi connectivity index (χ0) is 17.6. The molecule has 0 unspecified atom stereocenters. The van der Waals surface area contributed by atoms with Gasteiger partial charge in [0.1, 0.15) is 0 Å². The standard InChI is InChI=1S/C19H19ClO5/c1-2-22-15-6-3-4-7-16(15)25-18(21)12-13-10-14(20)19-17(11-13)23-8-5-9-24-19/h3-4,6-7,10-11H,2,5,8-9,12H2,1H3. The summed E-state index contributed by atoms with van der Waals surface area (Å²) in [7, 11) is 0. The average molecular weight is 363 g/mol. The Bertz CT molecular complexity index is 759. The molecule has 5 nitrogen and oxygen atoms in total. The summed E-state index contributed by atoms with van der Waals surface area (Å²) in [5.41, 5.74) is 0.702. The Morgan fingerprint density at radius 1 is 1.16 bits per heavy atom. The van der Waals surface area contributed by atoms with Crippen LogP contribution < -0.4 is 18.9 Å². The normalized spacial score (nSPS) is 13.0. The van der Waals surface area contributed by atoms with E-state index < -0.39 is 5.97 Å². The Morgan fingerprint density at radius 2 is 1.92 bits per heavy atom. The zero-order valence-corrected chi connectivity index (χ0v) is 14.7. The van der Waals surface area contributed by atoms with Crippen molar-refractivity contribution >= 4 is 17.6 Å². The van der Waals surface area contributed by atoms with E-state index in [9.17, 15) is 4.79 Å². The van der Waals surface area contributed by atoms with E-state index in [0.29, 0.717) is 53.4 Å². The van der Waals surface area contributed by atoms with E-state index in [0.717, 1.165) is 6.42 Å². The number of carbonyl (C=O) groups excluding carboxylic acids is 1. The number of hydrogen-bond donors (Lipinski definition) is 0. The molecule has 132 valence electrons. The van der Waals surface area contributed by atoms with Gasteiger partial charge in [-0.05, 0) is 36.8 Å². The van der Waals surface area contributed by atoms with Gasteiger partial charge in [-0.3, -0.25) is 4.79 Å². The number of rotatable bonds is 5. The number of esters is 1. The molecule has 0 atom stereocenters. The molecule has 0 fully saturated rings. The van der Waals surface area contributed by atoms with E-state index in [2.05, 4.69) is 0 Å². The highest BCUT2D eigenvalue weighted by molar-refractivity contribution is 6.32. The van der Waals surface area contributed by atoms with Gasteiger partial charge in [0.05, 0.1) is 31.3 Å². The monoisotopic (exact) mass is 362 g/mol. The minimum atomic E-state index is -0.405. The fourth-order valence-electron chi connectivity index (χ4n) is 2.52. The molecule has 0 N–H and O–H groups in total. The first-order valence-corrected chi connectivity index (χ1v) is 8.55. The lowest BCUT2D eigenvalue weighted by molar-refractivity contribution is -0.133. The van der Waals surface area contributed by atoms with Gasteiger partial charge < -0.3 is 18.9 Å². The van der Waals surface area contributed by atoms with Crippen molar-refractivity contribution in [3.05, 3.63) is 47.0 Å². The molecular weight excluding hydrogens is 344 g/mol. The van der Waals surface area contributed by atoms with Gasteiger partial charge in [0.25, 0.3) is 0 Å². The molecule has 2 aromatic rings. The molecular formula is C19H19ClO5. The summed E-state index contributed by atoms with van der Waals surface area (Å²) >= 11 is 6.25. The fraction of sp³-hybridized carbons (Fsp3) is 0.316. The number of benzene rings is 2. The summed E-state index contributed by atoms with van der Waals surface area (Å²) in [6.45, 7) is 3.48. The van der Waals surface area contributed by atoms with Crippen LogP contribution in [0, 0.1) is 0 Å². The lowest BCUT2D eigenvalue weighted by atomic mass is 10.1. The molecule has 2 aromatic carbocycles. The summed E-state index contributed by atoms with van der Waals surface area (Å²) in [5.74, 6) is 1.61. The van der Waals surface area contributed by atoms with Gasteiger partial charge in [0.2, 0.25) is 0 Å². The number of fused-ring (bicyclic) bond motifs is 1. The van der Waals surface area contributed by atoms with E-state index in [-0.39, 0.29) is 6.42 Å². The van der Waals surface area contributed by atoms with E-state index in [1.165, 1.54) is 0 Å². The van der Waals surface area contributed by atoms with Crippen LogP contribution in [0.25, 0.3) is 0 Å². The molecule has 0 spiro atoms. The SMILES string of the molecule is CCOc1ccccc1OC(=O)Cc1cc(Cl)c2c(c1)OCCCO2. The molecule has 0 radical (unpaired) electrons. The first-order valence-electron chi connectivity index (χ1n) is 8.18. The molecule has 0 aliphatic carbocycles. The average Bonchev–Trinajstić information content (AvgIpc) is 2.82. The smallest absolute Gasteiger partial charge is 0.315 e. The Kier molecular flexibility index (Phi) is 5.66. The zero-order valence-electron chi connectivity index (χ0n) is 13.9. The first kappa shape index (κ1) is 17.4. The molecule has 1 aliphatic rings. The Morgan fingerprint density at radius 3 is 2.72 bits per heavy atom. The maximum absolute atomic E-state index is 12.3. The van der Waals surface area contributed by atoms with Gasteiger partial charge in [-0.15, -0.1) is 0 Å². The van der Waals surface area contributed by atoms with Crippen LogP contribution in [-0.4, -0.2) is 25.8 Å². The maximum Gasteiger partial charge on any atom is 0.315 e. The summed E-state index contributed by atoms with van der Waals surface area (Å²) in [5, 5.41) is 0.428. The number of halogens is 1. The van der Waals surface area contributed by atoms with Crippen LogP contribution in [-0.2, 0) is 11.2 Å². The molecule has 0 bridgehead atoms. The lowest BCUT2D eigenvalue weighted by Gasteiger charge is -2.12. The van der Waals surface area contributed by atoms with Crippen molar-refractivity contribution in [1.29, 1.82) is 0 Å². The minimum absolute atomic E-state index is 0.0663. The highest BCUT2D eigenvalue weighted by Gasteiger charge is 2.18. The van der Waals surface area contributed by atoms with Crippen molar-refractivity contribution in [3.8, 4) is 23.0 Å². The molecule has 1 heterocycles. The maximum atomic E-state index is 12.3. The Balaban J connectivity index is 1.73. The number of para-hydroxylation sites is 2. The van der Waals surface area contributed by atoms with Crippen LogP contribution in [0.5, 0.6) is 23.0 Å². The largest absolute Gasteiger partial charge is 0.490 e. The lowest BCUT2D eigenvalue weighted by Crippen LogP contribution is -2.12. The molecule has 3 rings (SSSR count). The van der Waals surface area contributed by atoms with Crippen molar-refractivity contribution in [2.24, 2.45) is 0 Å². The van der Waals surface area contributed by atoms with E-state index >= 15 is 0 Å². The fourth-order valence-corrected chi connectivity index (χ4v) is 2.81. The van der Waals surface area contributed by atoms with Crippen molar-refractivity contribution in [2.45, 2.75) is 19.8 Å². The summed E-state index contributed by atoms with van der Waals surface area (Å²) < 4.78 is 22.1. The predicted molar refractivity (Wildman–Crippen MR) is 94.0 cm³/mol. The van der Waals surface area contributed by atoms with Gasteiger partial charge in [0, 0.05) is 6.42 Å². The highest BCUT2D eigenvalue weighted by atomic mass is 35.5. The topological polar surface area (TPSA) is 54.0 Å². The van der Waals surface area contributed by atoms with Gasteiger partial charge in [-0.25, -0.2) is 0 Å². The van der Waals surface area contributed by atoms with Crippen LogP contribution in [0.3, 0.4) is 0 Å². The van der Waals surface area contributed by atoms with Crippen LogP contribution in [0.2, 0.25) is 5.02 Å². The highest BCUT2D eigenvalue weighted by Crippen LogP contribution is 2.38. The molecule has 0 aromatic heterocycles. The molecule has 25 heavy (non-hydrogen) atoms. The third-order valence-corrected chi connectivity index (χ3v) is 3.86. The van der Waals surface area contributed by atoms with Gasteiger partial charge in [-0.2, -0.15) is 0 Å². The third-order valence-electron chi connectivity index (χ3n) is 3.58. The number of ether oxygens (including phenoxy) is 4. The molecule has 0 saturated carbocycles. The Hall–Kier alpha value is -2.40. The third kappa shape index (κ3) is 4.37. The van der Waals surface area contributed by atoms with Gasteiger partial charge in [0.15, 0.2) is 23.0 Å². The van der Waals surface area contributed by atoms with Crippen LogP contribution in [0.15, 0.2) is 36.4 Å². The van der Waals surface area contributed by atoms with Crippen LogP contribution in [0.1, 0.15) is 18.9 Å². The second-order valence-corrected chi connectivity index (χ2v) is 5.89. The first-order chi connectivity index (χ1) is 12.2. The van der Waals surface area contributed by atoms with E-state index in [1.54, 1.807) is 30.3 Å². The van der Waals surface area contributed by atoms with Crippen molar-refractivity contribution in [2.75, 3.05) is 19.8 Å². The van der Waals surface area contributed by atoms with Crippen molar-refractivity contribution in [3.63, 3.8) is 0 Å². The minimum Gasteiger partial charge on any atom is -0.490 e. The molecule has 1 aliphatic heterocycles. The van der Waals surface area contributed by atoms with Gasteiger partial charge in [-0.1, -0.05) is 23.7 Å². The number of carbonyl (C=O) groups is 1. The quantitative estimate of drug-likeness (QED) is 0.593. The second-order valence-electron chi connectivity index (χ2n) is 5.49. The summed E-state index contributed by atoms with van der Waals surface area (Å²) in [6.07, 6.45) is 0.855. The van der Waals surface area contributed by atoms with Crippen molar-refractivity contribution < 1.29 is 23.7 Å². The summed E-state index contributed by atoms with van der Waals surface area (Å²) in [6, 6.07) is 10.5. The Labute approximate surface area is 151 Å². The second kappa shape index (κ2) is 8.12. The van der Waals surface area contributed by atoms with Crippen LogP contribution >= 0.6 is 11.6 Å². The van der Waals surface area contributed by atoms with Crippen LogP contribution in [0.4, 0.5) is 0 Å². The molecule has 6 heteroatoms. The molecule has 0 saturated heterocycles. The number of hydrogen-bond acceptors (Lipinski definition) is 5. The summed E-state index contributed by atoms with van der Waals surface area (Å²) in [4.78, 5) is 12.3. The van der Waals surface area contributed by atoms with Crippen molar-refractivity contribution in [1.82, 2.24) is 0 Å². The predicted octanol–water partition coefficient (Wildman–Crippen LogP) is 4.05. The van der Waals surface area contributed by atoms with E-state index in [4.69, 9.17) is 30.5 Å². The van der Waals surface area contributed by atoms with Gasteiger partial charge >= 0.3 is 5.97 Å². The molecule has 0 amide bonds. The van der Waals surface area contributed by atoms with E-state index in [1.807, 2.05) is 13.0 Å².